The fourth-order valence-corrected chi connectivity index (χ4v) is 2.28. The highest BCUT2D eigenvalue weighted by atomic mass is 16.5. The van der Waals surface area contributed by atoms with Gasteiger partial charge in [-0.2, -0.15) is 5.26 Å². The van der Waals surface area contributed by atoms with Gasteiger partial charge in [-0.15, -0.1) is 0 Å². The summed E-state index contributed by atoms with van der Waals surface area (Å²) in [5.41, 5.74) is 0.428. The molecule has 1 aliphatic carbocycles. The summed E-state index contributed by atoms with van der Waals surface area (Å²) in [7, 11) is 0. The van der Waals surface area contributed by atoms with Gasteiger partial charge in [-0.1, -0.05) is 37.3 Å². The van der Waals surface area contributed by atoms with Crippen LogP contribution in [0.25, 0.3) is 0 Å². The van der Waals surface area contributed by atoms with Crippen LogP contribution >= 0.6 is 0 Å². The molecule has 3 heteroatoms. The van der Waals surface area contributed by atoms with E-state index in [0.717, 1.165) is 12.0 Å². The second-order valence-electron chi connectivity index (χ2n) is 5.64. The average Bonchev–Trinajstić information content (AvgIpc) is 3.30. The van der Waals surface area contributed by atoms with Crippen LogP contribution in [0.1, 0.15) is 45.1 Å². The highest BCUT2D eigenvalue weighted by Gasteiger charge is 2.37. The molecule has 1 aromatic rings. The second-order valence-corrected chi connectivity index (χ2v) is 5.64. The standard InChI is InChI=1S/C17H24N2O/c1-3-14(2)20-12-11-17(13-18,19-16-9-10-16)15-7-5-4-6-8-15/h4-8,14,16,19H,3,9-12H2,1-2H3. The summed E-state index contributed by atoms with van der Waals surface area (Å²) in [6, 6.07) is 13.0. The van der Waals surface area contributed by atoms with Crippen LogP contribution in [0.5, 0.6) is 0 Å². The maximum atomic E-state index is 9.76. The fraction of sp³-hybridized carbons (Fsp3) is 0.588. The van der Waals surface area contributed by atoms with Gasteiger partial charge in [0.05, 0.1) is 18.8 Å². The zero-order valence-corrected chi connectivity index (χ0v) is 12.4. The Bertz CT molecular complexity index is 450. The van der Waals surface area contributed by atoms with Crippen LogP contribution < -0.4 is 5.32 Å². The molecule has 1 saturated carbocycles. The van der Waals surface area contributed by atoms with Crippen molar-refractivity contribution >= 4 is 0 Å². The van der Waals surface area contributed by atoms with Crippen LogP contribution in [0, 0.1) is 11.3 Å². The zero-order chi connectivity index (χ0) is 14.4. The summed E-state index contributed by atoms with van der Waals surface area (Å²) < 4.78 is 5.78. The van der Waals surface area contributed by atoms with Crippen LogP contribution in [0.2, 0.25) is 0 Å². The number of rotatable bonds is 8. The molecule has 3 nitrogen and oxygen atoms in total. The van der Waals surface area contributed by atoms with Crippen molar-refractivity contribution in [3.63, 3.8) is 0 Å². The van der Waals surface area contributed by atoms with Crippen molar-refractivity contribution in [1.29, 1.82) is 5.26 Å². The van der Waals surface area contributed by atoms with Gasteiger partial charge in [0.15, 0.2) is 0 Å². The van der Waals surface area contributed by atoms with E-state index in [1.807, 2.05) is 30.3 Å². The summed E-state index contributed by atoms with van der Waals surface area (Å²) in [5.74, 6) is 0. The lowest BCUT2D eigenvalue weighted by atomic mass is 9.88. The lowest BCUT2D eigenvalue weighted by molar-refractivity contribution is 0.0515. The molecule has 1 fully saturated rings. The fourth-order valence-electron chi connectivity index (χ4n) is 2.28. The summed E-state index contributed by atoms with van der Waals surface area (Å²) in [6.45, 7) is 4.80. The van der Waals surface area contributed by atoms with E-state index >= 15 is 0 Å². The predicted octanol–water partition coefficient (Wildman–Crippen LogP) is 3.36. The van der Waals surface area contributed by atoms with Gasteiger partial charge in [0.1, 0.15) is 5.54 Å². The number of benzene rings is 1. The first-order chi connectivity index (χ1) is 9.70. The molecule has 2 rings (SSSR count). The molecular formula is C17H24N2O. The van der Waals surface area contributed by atoms with Crippen LogP contribution in [0.4, 0.5) is 0 Å². The van der Waals surface area contributed by atoms with Gasteiger partial charge >= 0.3 is 0 Å². The maximum Gasteiger partial charge on any atom is 0.134 e. The normalized spacial score (nSPS) is 19.1. The molecule has 1 N–H and O–H groups in total. The van der Waals surface area contributed by atoms with Crippen molar-refractivity contribution in [2.45, 2.75) is 57.2 Å². The Hall–Kier alpha value is -1.37. The van der Waals surface area contributed by atoms with Crippen LogP contribution in [-0.2, 0) is 10.3 Å². The molecule has 0 bridgehead atoms. The lowest BCUT2D eigenvalue weighted by Gasteiger charge is -2.29. The number of nitrogens with zero attached hydrogens (tertiary/aromatic N) is 1. The molecule has 2 atom stereocenters. The third kappa shape index (κ3) is 3.82. The summed E-state index contributed by atoms with van der Waals surface area (Å²) in [5, 5.41) is 13.3. The number of nitrogens with one attached hydrogen (secondary N) is 1. The Morgan fingerprint density at radius 1 is 1.40 bits per heavy atom. The largest absolute Gasteiger partial charge is 0.378 e. The molecule has 0 aromatic heterocycles. The van der Waals surface area contributed by atoms with Gasteiger partial charge in [-0.25, -0.2) is 0 Å². The smallest absolute Gasteiger partial charge is 0.134 e. The SMILES string of the molecule is CCC(C)OCCC(C#N)(NC1CC1)c1ccccc1. The minimum atomic E-state index is -0.615. The first-order valence-electron chi connectivity index (χ1n) is 7.56. The summed E-state index contributed by atoms with van der Waals surface area (Å²) in [6.07, 6.45) is 4.28. The van der Waals surface area contributed by atoms with Gasteiger partial charge < -0.3 is 4.74 Å². The molecular weight excluding hydrogens is 248 g/mol. The molecule has 2 unspecified atom stereocenters. The molecule has 0 radical (unpaired) electrons. The van der Waals surface area contributed by atoms with E-state index in [0.29, 0.717) is 19.1 Å². The van der Waals surface area contributed by atoms with Crippen LogP contribution in [-0.4, -0.2) is 18.8 Å². The van der Waals surface area contributed by atoms with E-state index in [4.69, 9.17) is 4.74 Å². The molecule has 0 amide bonds. The van der Waals surface area contributed by atoms with Crippen molar-refractivity contribution in [3.8, 4) is 6.07 Å². The van der Waals surface area contributed by atoms with E-state index < -0.39 is 5.54 Å². The Morgan fingerprint density at radius 2 is 2.10 bits per heavy atom. The van der Waals surface area contributed by atoms with Crippen molar-refractivity contribution in [2.75, 3.05) is 6.61 Å². The van der Waals surface area contributed by atoms with Gasteiger partial charge in [0.25, 0.3) is 0 Å². The molecule has 20 heavy (non-hydrogen) atoms. The monoisotopic (exact) mass is 272 g/mol. The first kappa shape index (κ1) is 15.0. The molecule has 1 aromatic carbocycles. The highest BCUT2D eigenvalue weighted by molar-refractivity contribution is 5.32. The molecule has 1 aliphatic rings. The zero-order valence-electron chi connectivity index (χ0n) is 12.4. The number of nitriles is 1. The Kier molecular flexibility index (Phi) is 5.17. The van der Waals surface area contributed by atoms with Gasteiger partial charge in [-0.05, 0) is 31.7 Å². The van der Waals surface area contributed by atoms with E-state index in [1.54, 1.807) is 0 Å². The van der Waals surface area contributed by atoms with Crippen molar-refractivity contribution in [3.05, 3.63) is 35.9 Å². The molecule has 108 valence electrons. The number of ether oxygens (including phenoxy) is 1. The predicted molar refractivity (Wildman–Crippen MR) is 80.2 cm³/mol. The lowest BCUT2D eigenvalue weighted by Crippen LogP contribution is -2.43. The molecule has 0 spiro atoms. The summed E-state index contributed by atoms with van der Waals surface area (Å²) >= 11 is 0. The quantitative estimate of drug-likeness (QED) is 0.789. The topological polar surface area (TPSA) is 45.0 Å². The van der Waals surface area contributed by atoms with E-state index in [-0.39, 0.29) is 6.10 Å². The number of hydrogen-bond donors (Lipinski definition) is 1. The first-order valence-corrected chi connectivity index (χ1v) is 7.56. The minimum absolute atomic E-state index is 0.253. The molecule has 0 saturated heterocycles. The van der Waals surface area contributed by atoms with Crippen LogP contribution in [0.3, 0.4) is 0 Å². The van der Waals surface area contributed by atoms with E-state index in [1.165, 1.54) is 12.8 Å². The maximum absolute atomic E-state index is 9.76. The van der Waals surface area contributed by atoms with Gasteiger partial charge in [0, 0.05) is 12.5 Å². The summed E-state index contributed by atoms with van der Waals surface area (Å²) in [4.78, 5) is 0. The van der Waals surface area contributed by atoms with Crippen LogP contribution in [0.15, 0.2) is 30.3 Å². The molecule has 0 aliphatic heterocycles. The Balaban J connectivity index is 2.09. The molecule has 0 heterocycles. The van der Waals surface area contributed by atoms with E-state index in [2.05, 4.69) is 25.2 Å². The van der Waals surface area contributed by atoms with Crippen molar-refractivity contribution in [1.82, 2.24) is 5.32 Å². The highest BCUT2D eigenvalue weighted by Crippen LogP contribution is 2.31. The van der Waals surface area contributed by atoms with Crippen molar-refractivity contribution in [2.24, 2.45) is 0 Å². The third-order valence-electron chi connectivity index (χ3n) is 3.94. The van der Waals surface area contributed by atoms with E-state index in [9.17, 15) is 5.26 Å². The number of hydrogen-bond acceptors (Lipinski definition) is 3. The van der Waals surface area contributed by atoms with Gasteiger partial charge in [0.2, 0.25) is 0 Å². The van der Waals surface area contributed by atoms with Crippen molar-refractivity contribution < 1.29 is 4.74 Å². The third-order valence-corrected chi connectivity index (χ3v) is 3.94. The minimum Gasteiger partial charge on any atom is -0.378 e. The second kappa shape index (κ2) is 6.88. The average molecular weight is 272 g/mol. The Morgan fingerprint density at radius 3 is 2.65 bits per heavy atom. The van der Waals surface area contributed by atoms with Gasteiger partial charge in [-0.3, -0.25) is 5.32 Å². The Labute approximate surface area is 121 Å².